The number of halogens is 1. The van der Waals surface area contributed by atoms with Gasteiger partial charge in [-0.2, -0.15) is 0 Å². The SMILES string of the molecule is O=Cc1sc2cc(O)ccc2c1Oc1ccc(OCCN2CC(CF)C2)cc1. The highest BCUT2D eigenvalue weighted by Gasteiger charge is 2.25. The van der Waals surface area contributed by atoms with Crippen LogP contribution < -0.4 is 9.47 Å². The number of carbonyl (C=O) groups is 1. The smallest absolute Gasteiger partial charge is 0.163 e. The van der Waals surface area contributed by atoms with Gasteiger partial charge in [-0.3, -0.25) is 14.1 Å². The molecule has 0 spiro atoms. The first-order valence-corrected chi connectivity index (χ1v) is 9.87. The molecule has 0 atom stereocenters. The average molecular weight is 401 g/mol. The summed E-state index contributed by atoms with van der Waals surface area (Å²) in [4.78, 5) is 14.0. The van der Waals surface area contributed by atoms with Crippen molar-refractivity contribution >= 4 is 27.7 Å². The molecular formula is C21H20FNO4S. The first kappa shape index (κ1) is 18.7. The Bertz CT molecular complexity index is 966. The molecule has 146 valence electrons. The summed E-state index contributed by atoms with van der Waals surface area (Å²) < 4.78 is 24.9. The number of hydrogen-bond donors (Lipinski definition) is 1. The van der Waals surface area contributed by atoms with Gasteiger partial charge in [0, 0.05) is 35.6 Å². The van der Waals surface area contributed by atoms with E-state index in [0.29, 0.717) is 23.0 Å². The number of rotatable bonds is 8. The van der Waals surface area contributed by atoms with Crippen molar-refractivity contribution in [3.8, 4) is 23.0 Å². The molecule has 1 aliphatic rings. The first-order chi connectivity index (χ1) is 13.7. The summed E-state index contributed by atoms with van der Waals surface area (Å²) in [5.41, 5.74) is 0. The van der Waals surface area contributed by atoms with Gasteiger partial charge in [0.15, 0.2) is 12.0 Å². The van der Waals surface area contributed by atoms with Gasteiger partial charge in [0.05, 0.1) is 6.67 Å². The molecule has 1 fully saturated rings. The van der Waals surface area contributed by atoms with Crippen LogP contribution in [0, 0.1) is 5.92 Å². The Morgan fingerprint density at radius 1 is 1.18 bits per heavy atom. The van der Waals surface area contributed by atoms with Crippen molar-refractivity contribution in [2.24, 2.45) is 5.92 Å². The van der Waals surface area contributed by atoms with E-state index in [1.807, 2.05) is 12.1 Å². The molecule has 1 aliphatic heterocycles. The highest BCUT2D eigenvalue weighted by molar-refractivity contribution is 7.21. The predicted octanol–water partition coefficient (Wildman–Crippen LogP) is 4.49. The Balaban J connectivity index is 1.38. The topological polar surface area (TPSA) is 59.0 Å². The summed E-state index contributed by atoms with van der Waals surface area (Å²) in [5.74, 6) is 2.15. The highest BCUT2D eigenvalue weighted by Crippen LogP contribution is 2.40. The zero-order valence-electron chi connectivity index (χ0n) is 15.1. The fraction of sp³-hybridized carbons (Fsp3) is 0.286. The second-order valence-corrected chi connectivity index (χ2v) is 7.88. The molecule has 4 rings (SSSR count). The number of benzene rings is 2. The third kappa shape index (κ3) is 3.95. The number of ether oxygens (including phenoxy) is 2. The van der Waals surface area contributed by atoms with Crippen LogP contribution >= 0.6 is 11.3 Å². The number of fused-ring (bicyclic) bond motifs is 1. The maximum absolute atomic E-state index is 12.4. The van der Waals surface area contributed by atoms with Crippen molar-refractivity contribution < 1.29 is 23.8 Å². The second-order valence-electron chi connectivity index (χ2n) is 6.80. The number of aromatic hydroxyl groups is 1. The molecular weight excluding hydrogens is 381 g/mol. The summed E-state index contributed by atoms with van der Waals surface area (Å²) in [6, 6.07) is 12.1. The lowest BCUT2D eigenvalue weighted by atomic mass is 10.0. The number of carbonyl (C=O) groups excluding carboxylic acids is 1. The maximum Gasteiger partial charge on any atom is 0.163 e. The number of phenols is 1. The van der Waals surface area contributed by atoms with E-state index < -0.39 is 0 Å². The molecule has 7 heteroatoms. The number of likely N-dealkylation sites (tertiary alicyclic amines) is 1. The lowest BCUT2D eigenvalue weighted by Gasteiger charge is -2.37. The number of hydrogen-bond acceptors (Lipinski definition) is 6. The molecule has 0 saturated carbocycles. The Morgan fingerprint density at radius 2 is 1.93 bits per heavy atom. The summed E-state index contributed by atoms with van der Waals surface area (Å²) in [5, 5.41) is 10.4. The Labute approximate surface area is 165 Å². The van der Waals surface area contributed by atoms with E-state index in [1.165, 1.54) is 11.3 Å². The molecule has 0 bridgehead atoms. The van der Waals surface area contributed by atoms with Crippen LogP contribution in [-0.2, 0) is 0 Å². The van der Waals surface area contributed by atoms with Crippen LogP contribution in [0.3, 0.4) is 0 Å². The van der Waals surface area contributed by atoms with Crippen LogP contribution in [0.2, 0.25) is 0 Å². The van der Waals surface area contributed by atoms with Gasteiger partial charge in [-0.1, -0.05) is 0 Å². The minimum absolute atomic E-state index is 0.151. The van der Waals surface area contributed by atoms with E-state index in [2.05, 4.69) is 4.90 Å². The van der Waals surface area contributed by atoms with Gasteiger partial charge in [0.1, 0.15) is 28.7 Å². The molecule has 0 amide bonds. The van der Waals surface area contributed by atoms with Crippen LogP contribution in [0.15, 0.2) is 42.5 Å². The van der Waals surface area contributed by atoms with Crippen molar-refractivity contribution in [3.05, 3.63) is 47.3 Å². The average Bonchev–Trinajstić information content (AvgIpc) is 3.01. The van der Waals surface area contributed by atoms with E-state index in [1.54, 1.807) is 30.3 Å². The van der Waals surface area contributed by atoms with E-state index in [4.69, 9.17) is 9.47 Å². The van der Waals surface area contributed by atoms with E-state index in [-0.39, 0.29) is 18.3 Å². The normalized spacial score (nSPS) is 14.8. The third-order valence-corrected chi connectivity index (χ3v) is 5.79. The molecule has 2 heterocycles. The second kappa shape index (κ2) is 8.16. The maximum atomic E-state index is 12.4. The van der Waals surface area contributed by atoms with Gasteiger partial charge in [-0.25, -0.2) is 0 Å². The van der Waals surface area contributed by atoms with Crippen molar-refractivity contribution in [1.29, 1.82) is 0 Å². The van der Waals surface area contributed by atoms with E-state index in [9.17, 15) is 14.3 Å². The van der Waals surface area contributed by atoms with Crippen LogP contribution in [0.5, 0.6) is 23.0 Å². The summed E-state index contributed by atoms with van der Waals surface area (Å²) in [6.45, 7) is 2.69. The number of alkyl halides is 1. The number of phenolic OH excluding ortho intramolecular Hbond substituents is 1. The van der Waals surface area contributed by atoms with Crippen molar-refractivity contribution in [2.45, 2.75) is 0 Å². The largest absolute Gasteiger partial charge is 0.508 e. The fourth-order valence-electron chi connectivity index (χ4n) is 3.23. The van der Waals surface area contributed by atoms with Gasteiger partial charge < -0.3 is 14.6 Å². The van der Waals surface area contributed by atoms with Crippen molar-refractivity contribution in [1.82, 2.24) is 4.90 Å². The van der Waals surface area contributed by atoms with Gasteiger partial charge in [0.25, 0.3) is 0 Å². The fourth-order valence-corrected chi connectivity index (χ4v) is 4.21. The number of nitrogens with zero attached hydrogens (tertiary/aromatic N) is 1. The lowest BCUT2D eigenvalue weighted by molar-refractivity contribution is 0.0668. The molecule has 1 N–H and O–H groups in total. The summed E-state index contributed by atoms with van der Waals surface area (Å²) >= 11 is 1.28. The molecule has 0 unspecified atom stereocenters. The predicted molar refractivity (Wildman–Crippen MR) is 107 cm³/mol. The molecule has 1 aromatic heterocycles. The minimum Gasteiger partial charge on any atom is -0.508 e. The van der Waals surface area contributed by atoms with Gasteiger partial charge in [-0.15, -0.1) is 11.3 Å². The van der Waals surface area contributed by atoms with Gasteiger partial charge >= 0.3 is 0 Å². The van der Waals surface area contributed by atoms with Crippen LogP contribution in [0.25, 0.3) is 10.1 Å². The first-order valence-electron chi connectivity index (χ1n) is 9.06. The van der Waals surface area contributed by atoms with Gasteiger partial charge in [-0.05, 0) is 42.5 Å². The number of thiophene rings is 1. The van der Waals surface area contributed by atoms with Crippen LogP contribution in [-0.4, -0.2) is 49.2 Å². The Kier molecular flexibility index (Phi) is 5.45. The Morgan fingerprint density at radius 3 is 2.64 bits per heavy atom. The Hall–Kier alpha value is -2.64. The standard InChI is InChI=1S/C21H20FNO4S/c22-10-14-11-23(12-14)7-8-26-16-2-4-17(5-3-16)27-21-18-6-1-15(25)9-19(18)28-20(21)13-24/h1-6,9,13-14,25H,7-8,10-12H2. The number of aldehydes is 1. The molecule has 28 heavy (non-hydrogen) atoms. The highest BCUT2D eigenvalue weighted by atomic mass is 32.1. The summed E-state index contributed by atoms with van der Waals surface area (Å²) in [6.07, 6.45) is 0.762. The monoisotopic (exact) mass is 401 g/mol. The minimum atomic E-state index is -0.245. The van der Waals surface area contributed by atoms with Crippen molar-refractivity contribution in [2.75, 3.05) is 32.9 Å². The van der Waals surface area contributed by atoms with E-state index in [0.717, 1.165) is 41.8 Å². The summed E-state index contributed by atoms with van der Waals surface area (Å²) in [7, 11) is 0. The molecule has 2 aromatic carbocycles. The quantitative estimate of drug-likeness (QED) is 0.564. The van der Waals surface area contributed by atoms with E-state index >= 15 is 0 Å². The molecule has 0 aliphatic carbocycles. The zero-order chi connectivity index (χ0) is 19.5. The van der Waals surface area contributed by atoms with Crippen LogP contribution in [0.4, 0.5) is 4.39 Å². The molecule has 1 saturated heterocycles. The van der Waals surface area contributed by atoms with Gasteiger partial charge in [0.2, 0.25) is 0 Å². The van der Waals surface area contributed by atoms with Crippen LogP contribution in [0.1, 0.15) is 9.67 Å². The molecule has 0 radical (unpaired) electrons. The molecule has 5 nitrogen and oxygen atoms in total. The molecule has 3 aromatic rings. The lowest BCUT2D eigenvalue weighted by Crippen LogP contribution is -2.49. The van der Waals surface area contributed by atoms with Crippen molar-refractivity contribution in [3.63, 3.8) is 0 Å². The third-order valence-electron chi connectivity index (χ3n) is 4.73. The zero-order valence-corrected chi connectivity index (χ0v) is 16.0.